The highest BCUT2D eigenvalue weighted by atomic mass is 16.5. The van der Waals surface area contributed by atoms with E-state index in [1.807, 2.05) is 0 Å². The Hall–Kier alpha value is -1.14. The molecule has 0 heterocycles. The number of hydrogen-bond acceptors (Lipinski definition) is 5. The van der Waals surface area contributed by atoms with Crippen molar-refractivity contribution in [2.75, 3.05) is 13.2 Å². The first-order chi connectivity index (χ1) is 32.5. The van der Waals surface area contributed by atoms with Crippen LogP contribution in [0, 0.1) is 0 Å². The molecule has 3 N–H and O–H groups in total. The summed E-state index contributed by atoms with van der Waals surface area (Å²) in [5.74, 6) is -0.0173. The van der Waals surface area contributed by atoms with Gasteiger partial charge in [0.05, 0.1) is 25.4 Å². The number of carbonyl (C=O) groups is 2. The number of esters is 1. The number of aliphatic hydroxyl groups excluding tert-OH is 2. The normalized spacial score (nSPS) is 12.5. The van der Waals surface area contributed by atoms with Crippen molar-refractivity contribution >= 4 is 11.9 Å². The summed E-state index contributed by atoms with van der Waals surface area (Å²) in [6.45, 7) is 4.96. The van der Waals surface area contributed by atoms with E-state index < -0.39 is 12.1 Å². The Kier molecular flexibility index (Phi) is 55.5. The average molecular weight is 935 g/mol. The van der Waals surface area contributed by atoms with Crippen LogP contribution in [-0.2, 0) is 14.3 Å². The fourth-order valence-electron chi connectivity index (χ4n) is 9.76. The predicted molar refractivity (Wildman–Crippen MR) is 287 cm³/mol. The van der Waals surface area contributed by atoms with Gasteiger partial charge in [-0.3, -0.25) is 9.59 Å². The van der Waals surface area contributed by atoms with Crippen LogP contribution >= 0.6 is 0 Å². The van der Waals surface area contributed by atoms with Gasteiger partial charge in [-0.25, -0.2) is 0 Å². The van der Waals surface area contributed by atoms with Gasteiger partial charge in [0.25, 0.3) is 0 Å². The Morgan fingerprint density at radius 3 is 0.924 bits per heavy atom. The number of unbranched alkanes of at least 4 members (excludes halogenated alkanes) is 46. The lowest BCUT2D eigenvalue weighted by molar-refractivity contribution is -0.143. The van der Waals surface area contributed by atoms with Gasteiger partial charge in [0.2, 0.25) is 5.91 Å². The number of hydrogen-bond donors (Lipinski definition) is 3. The molecular weight excluding hydrogens is 815 g/mol. The number of aliphatic hydroxyl groups is 2. The lowest BCUT2D eigenvalue weighted by Gasteiger charge is -2.22. The van der Waals surface area contributed by atoms with E-state index in [9.17, 15) is 19.8 Å². The summed E-state index contributed by atoms with van der Waals surface area (Å²) in [6.07, 6.45) is 65.5. The van der Waals surface area contributed by atoms with E-state index in [4.69, 9.17) is 4.74 Å². The number of carbonyl (C=O) groups excluding carboxylic acids is 2. The molecule has 6 heteroatoms. The van der Waals surface area contributed by atoms with Crippen molar-refractivity contribution in [2.45, 2.75) is 360 Å². The first-order valence-electron chi connectivity index (χ1n) is 30.3. The zero-order chi connectivity index (χ0) is 47.9. The molecule has 0 saturated heterocycles. The van der Waals surface area contributed by atoms with Crippen molar-refractivity contribution in [2.24, 2.45) is 0 Å². The topological polar surface area (TPSA) is 95.9 Å². The molecule has 0 radical (unpaired) electrons. The second kappa shape index (κ2) is 56.4. The Bertz CT molecular complexity index is 944. The van der Waals surface area contributed by atoms with E-state index in [-0.39, 0.29) is 18.5 Å². The summed E-state index contributed by atoms with van der Waals surface area (Å²) in [7, 11) is 0. The van der Waals surface area contributed by atoms with Crippen molar-refractivity contribution in [1.29, 1.82) is 0 Å². The molecule has 0 spiro atoms. The summed E-state index contributed by atoms with van der Waals surface area (Å²) < 4.78 is 5.50. The van der Waals surface area contributed by atoms with Gasteiger partial charge < -0.3 is 20.3 Å². The molecule has 2 unspecified atom stereocenters. The second-order valence-electron chi connectivity index (χ2n) is 21.1. The van der Waals surface area contributed by atoms with Crippen LogP contribution in [-0.4, -0.2) is 47.4 Å². The molecule has 2 atom stereocenters. The fourth-order valence-corrected chi connectivity index (χ4v) is 9.76. The maximum Gasteiger partial charge on any atom is 0.305 e. The van der Waals surface area contributed by atoms with Gasteiger partial charge in [-0.2, -0.15) is 0 Å². The van der Waals surface area contributed by atoms with E-state index in [0.717, 1.165) is 38.5 Å². The van der Waals surface area contributed by atoms with Crippen LogP contribution in [0.5, 0.6) is 0 Å². The number of rotatable bonds is 57. The van der Waals surface area contributed by atoms with Crippen LogP contribution in [0.25, 0.3) is 0 Å². The highest BCUT2D eigenvalue weighted by Crippen LogP contribution is 2.18. The van der Waals surface area contributed by atoms with Crippen molar-refractivity contribution in [3.8, 4) is 0 Å². The molecule has 394 valence electrons. The summed E-state index contributed by atoms with van der Waals surface area (Å²) in [6, 6.07) is -0.538. The zero-order valence-electron chi connectivity index (χ0n) is 45.0. The third kappa shape index (κ3) is 52.2. The molecule has 0 aromatic carbocycles. The molecular formula is C60H119NO5. The molecule has 0 aromatic rings. The monoisotopic (exact) mass is 934 g/mol. The van der Waals surface area contributed by atoms with Crippen LogP contribution < -0.4 is 5.32 Å². The molecule has 0 aliphatic heterocycles. The fraction of sp³-hybridized carbons (Fsp3) is 0.967. The van der Waals surface area contributed by atoms with E-state index in [1.165, 1.54) is 276 Å². The van der Waals surface area contributed by atoms with E-state index in [1.54, 1.807) is 0 Å². The highest BCUT2D eigenvalue weighted by molar-refractivity contribution is 5.76. The maximum absolute atomic E-state index is 12.4. The van der Waals surface area contributed by atoms with Crippen LogP contribution in [0.1, 0.15) is 348 Å². The van der Waals surface area contributed by atoms with Gasteiger partial charge in [0, 0.05) is 12.8 Å². The van der Waals surface area contributed by atoms with Gasteiger partial charge in [-0.1, -0.05) is 309 Å². The largest absolute Gasteiger partial charge is 0.466 e. The van der Waals surface area contributed by atoms with Crippen molar-refractivity contribution in [3.63, 3.8) is 0 Å². The second-order valence-corrected chi connectivity index (χ2v) is 21.1. The quantitative estimate of drug-likeness (QED) is 0.0417. The third-order valence-corrected chi connectivity index (χ3v) is 14.4. The van der Waals surface area contributed by atoms with Gasteiger partial charge in [0.1, 0.15) is 0 Å². The van der Waals surface area contributed by atoms with Crippen LogP contribution in [0.2, 0.25) is 0 Å². The summed E-state index contributed by atoms with van der Waals surface area (Å²) in [5.41, 5.74) is 0. The Morgan fingerprint density at radius 1 is 0.364 bits per heavy atom. The minimum absolute atomic E-state index is 0.0184. The molecule has 0 rings (SSSR count). The predicted octanol–water partition coefficient (Wildman–Crippen LogP) is 18.7. The molecule has 0 aliphatic rings. The van der Waals surface area contributed by atoms with Crippen molar-refractivity contribution < 1.29 is 24.5 Å². The van der Waals surface area contributed by atoms with E-state index >= 15 is 0 Å². The highest BCUT2D eigenvalue weighted by Gasteiger charge is 2.20. The molecule has 0 aromatic heterocycles. The van der Waals surface area contributed by atoms with Gasteiger partial charge in [-0.15, -0.1) is 0 Å². The average Bonchev–Trinajstić information content (AvgIpc) is 3.32. The minimum atomic E-state index is -0.661. The minimum Gasteiger partial charge on any atom is -0.466 e. The Morgan fingerprint density at radius 2 is 0.621 bits per heavy atom. The van der Waals surface area contributed by atoms with Crippen LogP contribution in [0.3, 0.4) is 0 Å². The SMILES string of the molecule is CCCCCCCCCCCCCCCCCCCCC(=O)OCCCCCCCCCCCCCCCCCCCCCCCCC(=O)NC(CO)C(O)CCCCCCCCCCC. The number of nitrogens with one attached hydrogen (secondary N) is 1. The molecule has 0 fully saturated rings. The number of amides is 1. The van der Waals surface area contributed by atoms with Gasteiger partial charge in [-0.05, 0) is 25.7 Å². The van der Waals surface area contributed by atoms with E-state index in [2.05, 4.69) is 19.2 Å². The summed E-state index contributed by atoms with van der Waals surface area (Å²) in [5, 5.41) is 23.1. The standard InChI is InChI=1S/C60H119NO5/c1-3-5-7-9-11-13-14-15-16-17-25-28-31-34-38-42-46-50-54-60(65)66-55-51-47-43-39-35-32-29-26-23-21-19-18-20-22-24-27-30-33-37-41-45-49-53-59(64)61-57(56-62)58(63)52-48-44-40-36-12-10-8-6-4-2/h57-58,62-63H,3-56H2,1-2H3,(H,61,64). The Labute approximate surface area is 413 Å². The van der Waals surface area contributed by atoms with E-state index in [0.29, 0.717) is 25.9 Å². The molecule has 1 amide bonds. The lowest BCUT2D eigenvalue weighted by Crippen LogP contribution is -2.45. The molecule has 66 heavy (non-hydrogen) atoms. The van der Waals surface area contributed by atoms with Crippen LogP contribution in [0.4, 0.5) is 0 Å². The molecule has 0 bridgehead atoms. The van der Waals surface area contributed by atoms with Gasteiger partial charge in [0.15, 0.2) is 0 Å². The van der Waals surface area contributed by atoms with Crippen LogP contribution in [0.15, 0.2) is 0 Å². The molecule has 0 saturated carbocycles. The Balaban J connectivity index is 3.31. The zero-order valence-corrected chi connectivity index (χ0v) is 45.0. The van der Waals surface area contributed by atoms with Crippen molar-refractivity contribution in [1.82, 2.24) is 5.32 Å². The lowest BCUT2D eigenvalue weighted by atomic mass is 10.0. The van der Waals surface area contributed by atoms with Gasteiger partial charge >= 0.3 is 5.97 Å². The smallest absolute Gasteiger partial charge is 0.305 e. The molecule has 0 aliphatic carbocycles. The first-order valence-corrected chi connectivity index (χ1v) is 30.3. The molecule has 6 nitrogen and oxygen atoms in total. The first kappa shape index (κ1) is 64.9. The maximum atomic E-state index is 12.4. The number of ether oxygens (including phenoxy) is 1. The summed E-state index contributed by atoms with van der Waals surface area (Å²) >= 11 is 0. The third-order valence-electron chi connectivity index (χ3n) is 14.4. The van der Waals surface area contributed by atoms with Crippen molar-refractivity contribution in [3.05, 3.63) is 0 Å². The summed E-state index contributed by atoms with van der Waals surface area (Å²) in [4.78, 5) is 24.5.